The number of hydrogen-bond acceptors (Lipinski definition) is 3. The van der Waals surface area contributed by atoms with Gasteiger partial charge in [0.1, 0.15) is 0 Å². The van der Waals surface area contributed by atoms with Crippen LogP contribution in [0.3, 0.4) is 0 Å². The van der Waals surface area contributed by atoms with Crippen LogP contribution in [0, 0.1) is 0 Å². The van der Waals surface area contributed by atoms with E-state index in [-0.39, 0.29) is 12.1 Å². The summed E-state index contributed by atoms with van der Waals surface area (Å²) >= 11 is 0. The van der Waals surface area contributed by atoms with Gasteiger partial charge in [0.25, 0.3) is 0 Å². The van der Waals surface area contributed by atoms with Crippen LogP contribution in [0.2, 0.25) is 0 Å². The van der Waals surface area contributed by atoms with Gasteiger partial charge in [-0.1, -0.05) is 0 Å². The van der Waals surface area contributed by atoms with Crippen molar-refractivity contribution < 1.29 is 14.3 Å². The van der Waals surface area contributed by atoms with Crippen molar-refractivity contribution in [3.05, 3.63) is 0 Å². The molecule has 0 N–H and O–H groups in total. The highest BCUT2D eigenvalue weighted by molar-refractivity contribution is 5.66. The third kappa shape index (κ3) is 5.78. The lowest BCUT2D eigenvalue weighted by atomic mass is 10.0. The van der Waals surface area contributed by atoms with Crippen molar-refractivity contribution >= 4 is 5.97 Å². The zero-order valence-electron chi connectivity index (χ0n) is 9.83. The van der Waals surface area contributed by atoms with Crippen LogP contribution < -0.4 is 0 Å². The van der Waals surface area contributed by atoms with Gasteiger partial charge < -0.3 is 9.47 Å². The second kappa shape index (κ2) is 6.83. The standard InChI is InChI=1S/C12H22O3/c1-10(15-11(2)13)6-5-8-12-7-3-4-9-14-12/h10,12H,3-9H2,1-2H3. The van der Waals surface area contributed by atoms with Crippen LogP contribution in [0.1, 0.15) is 52.4 Å². The molecule has 1 aliphatic heterocycles. The van der Waals surface area contributed by atoms with Crippen LogP contribution in [-0.4, -0.2) is 24.8 Å². The Morgan fingerprint density at radius 2 is 2.33 bits per heavy atom. The Morgan fingerprint density at radius 3 is 2.93 bits per heavy atom. The molecule has 2 atom stereocenters. The van der Waals surface area contributed by atoms with E-state index in [1.54, 1.807) is 0 Å². The fourth-order valence-electron chi connectivity index (χ4n) is 2.01. The molecule has 0 spiro atoms. The van der Waals surface area contributed by atoms with E-state index in [0.29, 0.717) is 6.10 Å². The van der Waals surface area contributed by atoms with Crippen LogP contribution in [-0.2, 0) is 14.3 Å². The van der Waals surface area contributed by atoms with E-state index in [1.165, 1.54) is 26.2 Å². The van der Waals surface area contributed by atoms with Gasteiger partial charge in [0, 0.05) is 13.5 Å². The molecule has 3 heteroatoms. The fourth-order valence-corrected chi connectivity index (χ4v) is 2.01. The minimum atomic E-state index is -0.184. The predicted molar refractivity (Wildman–Crippen MR) is 58.7 cm³/mol. The Labute approximate surface area is 92.1 Å². The highest BCUT2D eigenvalue weighted by atomic mass is 16.5. The van der Waals surface area contributed by atoms with Crippen molar-refractivity contribution in [2.24, 2.45) is 0 Å². The summed E-state index contributed by atoms with van der Waals surface area (Å²) in [7, 11) is 0. The highest BCUT2D eigenvalue weighted by Crippen LogP contribution is 2.18. The lowest BCUT2D eigenvalue weighted by Gasteiger charge is -2.22. The van der Waals surface area contributed by atoms with Crippen molar-refractivity contribution in [1.29, 1.82) is 0 Å². The third-order valence-electron chi connectivity index (χ3n) is 2.78. The first-order valence-corrected chi connectivity index (χ1v) is 5.97. The van der Waals surface area contributed by atoms with Crippen LogP contribution in [0.15, 0.2) is 0 Å². The number of ether oxygens (including phenoxy) is 2. The zero-order chi connectivity index (χ0) is 11.1. The number of carbonyl (C=O) groups is 1. The molecule has 88 valence electrons. The molecule has 0 radical (unpaired) electrons. The second-order valence-electron chi connectivity index (χ2n) is 4.34. The molecule has 1 heterocycles. The highest BCUT2D eigenvalue weighted by Gasteiger charge is 2.14. The van der Waals surface area contributed by atoms with E-state index in [9.17, 15) is 4.79 Å². The largest absolute Gasteiger partial charge is 0.463 e. The Kier molecular flexibility index (Phi) is 5.69. The normalized spacial score (nSPS) is 23.5. The molecule has 3 nitrogen and oxygen atoms in total. The van der Waals surface area contributed by atoms with Crippen LogP contribution >= 0.6 is 0 Å². The molecular formula is C12H22O3. The van der Waals surface area contributed by atoms with E-state index in [0.717, 1.165) is 25.9 Å². The maximum absolute atomic E-state index is 10.7. The van der Waals surface area contributed by atoms with E-state index in [2.05, 4.69) is 0 Å². The molecule has 0 aromatic rings. The van der Waals surface area contributed by atoms with Gasteiger partial charge in [0.05, 0.1) is 12.2 Å². The van der Waals surface area contributed by atoms with Crippen LogP contribution in [0.5, 0.6) is 0 Å². The molecule has 0 bridgehead atoms. The molecule has 1 saturated heterocycles. The van der Waals surface area contributed by atoms with Crippen LogP contribution in [0.25, 0.3) is 0 Å². The summed E-state index contributed by atoms with van der Waals surface area (Å²) in [6.45, 7) is 4.33. The molecular weight excluding hydrogens is 192 g/mol. The summed E-state index contributed by atoms with van der Waals surface area (Å²) < 4.78 is 10.7. The average Bonchev–Trinajstić information content (AvgIpc) is 2.18. The number of esters is 1. The van der Waals surface area contributed by atoms with Gasteiger partial charge in [-0.2, -0.15) is 0 Å². The lowest BCUT2D eigenvalue weighted by molar-refractivity contribution is -0.145. The van der Waals surface area contributed by atoms with Gasteiger partial charge in [-0.25, -0.2) is 0 Å². The van der Waals surface area contributed by atoms with Crippen molar-refractivity contribution in [2.45, 2.75) is 64.6 Å². The third-order valence-corrected chi connectivity index (χ3v) is 2.78. The summed E-state index contributed by atoms with van der Waals surface area (Å²) in [5, 5.41) is 0. The second-order valence-corrected chi connectivity index (χ2v) is 4.34. The van der Waals surface area contributed by atoms with Gasteiger partial charge >= 0.3 is 5.97 Å². The molecule has 1 rings (SSSR count). The Balaban J connectivity index is 2.02. The maximum Gasteiger partial charge on any atom is 0.302 e. The summed E-state index contributed by atoms with van der Waals surface area (Å²) in [5.74, 6) is -0.184. The SMILES string of the molecule is CC(=O)OC(C)CCCC1CCCCO1. The van der Waals surface area contributed by atoms with Gasteiger partial charge in [-0.3, -0.25) is 4.79 Å². The summed E-state index contributed by atoms with van der Waals surface area (Å²) in [6, 6.07) is 0. The molecule has 0 aromatic carbocycles. The first-order valence-electron chi connectivity index (χ1n) is 5.97. The van der Waals surface area contributed by atoms with Gasteiger partial charge in [-0.05, 0) is 45.4 Å². The van der Waals surface area contributed by atoms with Crippen molar-refractivity contribution in [1.82, 2.24) is 0 Å². The minimum Gasteiger partial charge on any atom is -0.463 e. The zero-order valence-corrected chi connectivity index (χ0v) is 9.83. The fraction of sp³-hybridized carbons (Fsp3) is 0.917. The quantitative estimate of drug-likeness (QED) is 0.660. The van der Waals surface area contributed by atoms with Gasteiger partial charge in [-0.15, -0.1) is 0 Å². The summed E-state index contributed by atoms with van der Waals surface area (Å²) in [6.07, 6.45) is 7.32. The van der Waals surface area contributed by atoms with Gasteiger partial charge in [0.15, 0.2) is 0 Å². The predicted octanol–water partition coefficient (Wildman–Crippen LogP) is 2.68. The molecule has 1 aliphatic rings. The van der Waals surface area contributed by atoms with Crippen molar-refractivity contribution in [3.8, 4) is 0 Å². The van der Waals surface area contributed by atoms with Crippen molar-refractivity contribution in [2.75, 3.05) is 6.61 Å². The molecule has 0 aromatic heterocycles. The molecule has 0 aliphatic carbocycles. The minimum absolute atomic E-state index is 0.0473. The molecule has 2 unspecified atom stereocenters. The average molecular weight is 214 g/mol. The molecule has 15 heavy (non-hydrogen) atoms. The first-order chi connectivity index (χ1) is 7.18. The van der Waals surface area contributed by atoms with E-state index >= 15 is 0 Å². The topological polar surface area (TPSA) is 35.5 Å². The van der Waals surface area contributed by atoms with E-state index in [4.69, 9.17) is 9.47 Å². The molecule has 0 saturated carbocycles. The van der Waals surface area contributed by atoms with E-state index in [1.807, 2.05) is 6.92 Å². The Hall–Kier alpha value is -0.570. The summed E-state index contributed by atoms with van der Waals surface area (Å²) in [5.41, 5.74) is 0. The van der Waals surface area contributed by atoms with Crippen molar-refractivity contribution in [3.63, 3.8) is 0 Å². The molecule has 0 amide bonds. The Bertz CT molecular complexity index is 185. The lowest BCUT2D eigenvalue weighted by Crippen LogP contribution is -2.19. The van der Waals surface area contributed by atoms with E-state index < -0.39 is 0 Å². The van der Waals surface area contributed by atoms with Gasteiger partial charge in [0.2, 0.25) is 0 Å². The number of carbonyl (C=O) groups excluding carboxylic acids is 1. The first kappa shape index (κ1) is 12.5. The Morgan fingerprint density at radius 1 is 1.53 bits per heavy atom. The smallest absolute Gasteiger partial charge is 0.302 e. The van der Waals surface area contributed by atoms with Crippen LogP contribution in [0.4, 0.5) is 0 Å². The maximum atomic E-state index is 10.7. The monoisotopic (exact) mass is 214 g/mol. The molecule has 1 fully saturated rings. The summed E-state index contributed by atoms with van der Waals surface area (Å²) in [4.78, 5) is 10.7. The number of rotatable bonds is 5. The number of hydrogen-bond donors (Lipinski definition) is 0.